The van der Waals surface area contributed by atoms with E-state index in [2.05, 4.69) is 19.0 Å². The van der Waals surface area contributed by atoms with Crippen LogP contribution in [0.2, 0.25) is 0 Å². The van der Waals surface area contributed by atoms with Gasteiger partial charge in [0.2, 0.25) is 0 Å². The number of rotatable bonds is 4. The lowest BCUT2D eigenvalue weighted by Gasteiger charge is -2.38. The number of carbonyl (C=O) groups is 1. The van der Waals surface area contributed by atoms with Gasteiger partial charge in [0.25, 0.3) is 5.91 Å². The van der Waals surface area contributed by atoms with Crippen molar-refractivity contribution in [3.05, 3.63) is 29.8 Å². The molecule has 5 heteroatoms. The molecule has 2 aliphatic rings. The Hall–Kier alpha value is -1.59. The van der Waals surface area contributed by atoms with Gasteiger partial charge >= 0.3 is 0 Å². The van der Waals surface area contributed by atoms with Crippen LogP contribution in [0.4, 0.5) is 0 Å². The molecule has 2 heterocycles. The van der Waals surface area contributed by atoms with E-state index in [1.54, 1.807) is 7.11 Å². The summed E-state index contributed by atoms with van der Waals surface area (Å²) in [5.74, 6) is 1.23. The maximum atomic E-state index is 13.1. The fourth-order valence-corrected chi connectivity index (χ4v) is 4.22. The average molecular weight is 332 g/mol. The SMILES string of the molecule is COc1ccccc1C(=O)N1C[C@@H](CN(C)C)C2(CCOCC2)C1. The summed E-state index contributed by atoms with van der Waals surface area (Å²) in [5.41, 5.74) is 0.855. The van der Waals surface area contributed by atoms with Gasteiger partial charge < -0.3 is 19.3 Å². The van der Waals surface area contributed by atoms with Gasteiger partial charge in [0.15, 0.2) is 0 Å². The molecule has 132 valence electrons. The van der Waals surface area contributed by atoms with Crippen molar-refractivity contribution in [2.75, 3.05) is 54.1 Å². The Balaban J connectivity index is 1.83. The van der Waals surface area contributed by atoms with E-state index >= 15 is 0 Å². The van der Waals surface area contributed by atoms with Crippen molar-refractivity contribution in [1.29, 1.82) is 0 Å². The Morgan fingerprint density at radius 1 is 1.33 bits per heavy atom. The highest BCUT2D eigenvalue weighted by molar-refractivity contribution is 5.97. The lowest BCUT2D eigenvalue weighted by molar-refractivity contribution is -0.00452. The molecule has 1 spiro atoms. The van der Waals surface area contributed by atoms with Crippen LogP contribution in [0.15, 0.2) is 24.3 Å². The first-order chi connectivity index (χ1) is 11.6. The number of hydrogen-bond acceptors (Lipinski definition) is 4. The average Bonchev–Trinajstić information content (AvgIpc) is 2.92. The smallest absolute Gasteiger partial charge is 0.257 e. The maximum absolute atomic E-state index is 13.1. The molecule has 24 heavy (non-hydrogen) atoms. The third-order valence-corrected chi connectivity index (χ3v) is 5.51. The minimum atomic E-state index is 0.0829. The molecular weight excluding hydrogens is 304 g/mol. The predicted octanol–water partition coefficient (Wildman–Crippen LogP) is 2.13. The van der Waals surface area contributed by atoms with Gasteiger partial charge in [-0.05, 0) is 50.4 Å². The summed E-state index contributed by atoms with van der Waals surface area (Å²) in [7, 11) is 5.83. The van der Waals surface area contributed by atoms with E-state index < -0.39 is 0 Å². The molecule has 0 aromatic heterocycles. The molecule has 2 saturated heterocycles. The van der Waals surface area contributed by atoms with E-state index in [0.717, 1.165) is 45.7 Å². The third kappa shape index (κ3) is 3.28. The number of likely N-dealkylation sites (tertiary alicyclic amines) is 1. The molecule has 0 radical (unpaired) electrons. The zero-order chi connectivity index (χ0) is 17.2. The summed E-state index contributed by atoms with van der Waals surface area (Å²) >= 11 is 0. The Bertz CT molecular complexity index is 582. The van der Waals surface area contributed by atoms with Crippen LogP contribution in [0.25, 0.3) is 0 Å². The Kier molecular flexibility index (Phi) is 5.11. The third-order valence-electron chi connectivity index (χ3n) is 5.51. The van der Waals surface area contributed by atoms with E-state index in [0.29, 0.717) is 17.2 Å². The van der Waals surface area contributed by atoms with Gasteiger partial charge in [-0.15, -0.1) is 0 Å². The zero-order valence-electron chi connectivity index (χ0n) is 15.0. The monoisotopic (exact) mass is 332 g/mol. The molecule has 2 fully saturated rings. The van der Waals surface area contributed by atoms with Gasteiger partial charge in [0.05, 0.1) is 12.7 Å². The van der Waals surface area contributed by atoms with Gasteiger partial charge in [-0.3, -0.25) is 4.79 Å². The van der Waals surface area contributed by atoms with Crippen LogP contribution in [0.1, 0.15) is 23.2 Å². The van der Waals surface area contributed by atoms with Gasteiger partial charge in [0.1, 0.15) is 5.75 Å². The van der Waals surface area contributed by atoms with Crippen molar-refractivity contribution < 1.29 is 14.3 Å². The number of benzene rings is 1. The van der Waals surface area contributed by atoms with Crippen molar-refractivity contribution in [3.8, 4) is 5.75 Å². The second kappa shape index (κ2) is 7.11. The highest BCUT2D eigenvalue weighted by Crippen LogP contribution is 2.45. The molecule has 1 amide bonds. The van der Waals surface area contributed by atoms with Gasteiger partial charge in [-0.2, -0.15) is 0 Å². The van der Waals surface area contributed by atoms with Crippen LogP contribution in [0, 0.1) is 11.3 Å². The van der Waals surface area contributed by atoms with Gasteiger partial charge in [-0.1, -0.05) is 12.1 Å². The Labute approximate surface area is 144 Å². The molecular formula is C19H28N2O3. The van der Waals surface area contributed by atoms with Crippen LogP contribution in [0.3, 0.4) is 0 Å². The zero-order valence-corrected chi connectivity index (χ0v) is 15.0. The quantitative estimate of drug-likeness (QED) is 0.847. The number of carbonyl (C=O) groups excluding carboxylic acids is 1. The largest absolute Gasteiger partial charge is 0.496 e. The minimum Gasteiger partial charge on any atom is -0.496 e. The summed E-state index contributed by atoms with van der Waals surface area (Å²) < 4.78 is 11.0. The first kappa shape index (κ1) is 17.2. The molecule has 5 nitrogen and oxygen atoms in total. The molecule has 1 aromatic rings. The first-order valence-corrected chi connectivity index (χ1v) is 8.70. The number of nitrogens with zero attached hydrogens (tertiary/aromatic N) is 2. The number of amides is 1. The van der Waals surface area contributed by atoms with E-state index in [-0.39, 0.29) is 11.3 Å². The van der Waals surface area contributed by atoms with Crippen molar-refractivity contribution >= 4 is 5.91 Å². The standard InChI is InChI=1S/C19H28N2O3/c1-20(2)12-15-13-21(14-19(15)8-10-24-11-9-19)18(22)16-6-4-5-7-17(16)23-3/h4-7,15H,8-14H2,1-3H3/t15-/m1/s1. The number of para-hydroxylation sites is 1. The second-order valence-electron chi connectivity index (χ2n) is 7.32. The lowest BCUT2D eigenvalue weighted by atomic mass is 9.72. The summed E-state index contributed by atoms with van der Waals surface area (Å²) in [6, 6.07) is 7.50. The highest BCUT2D eigenvalue weighted by Gasteiger charge is 2.48. The Morgan fingerprint density at radius 3 is 2.71 bits per heavy atom. The summed E-state index contributed by atoms with van der Waals surface area (Å²) in [6.07, 6.45) is 2.09. The minimum absolute atomic E-state index is 0.0829. The second-order valence-corrected chi connectivity index (χ2v) is 7.32. The molecule has 0 bridgehead atoms. The van der Waals surface area contributed by atoms with Crippen LogP contribution in [-0.4, -0.2) is 69.8 Å². The van der Waals surface area contributed by atoms with E-state index in [4.69, 9.17) is 9.47 Å². The van der Waals surface area contributed by atoms with Crippen molar-refractivity contribution in [1.82, 2.24) is 9.80 Å². The molecule has 3 rings (SSSR count). The van der Waals surface area contributed by atoms with E-state index in [1.807, 2.05) is 29.2 Å². The number of methoxy groups -OCH3 is 1. The van der Waals surface area contributed by atoms with E-state index in [9.17, 15) is 4.79 Å². The summed E-state index contributed by atoms with van der Waals surface area (Å²) in [6.45, 7) is 4.26. The molecule has 1 aromatic carbocycles. The molecule has 2 aliphatic heterocycles. The maximum Gasteiger partial charge on any atom is 0.257 e. The molecule has 1 atom stereocenters. The van der Waals surface area contributed by atoms with E-state index in [1.165, 1.54) is 0 Å². The highest BCUT2D eigenvalue weighted by atomic mass is 16.5. The first-order valence-electron chi connectivity index (χ1n) is 8.70. The molecule has 0 unspecified atom stereocenters. The lowest BCUT2D eigenvalue weighted by Crippen LogP contribution is -2.40. The van der Waals surface area contributed by atoms with Gasteiger partial charge in [0, 0.05) is 32.8 Å². The molecule has 0 saturated carbocycles. The van der Waals surface area contributed by atoms with Crippen LogP contribution in [-0.2, 0) is 4.74 Å². The Morgan fingerprint density at radius 2 is 2.04 bits per heavy atom. The van der Waals surface area contributed by atoms with Crippen LogP contribution < -0.4 is 4.74 Å². The fourth-order valence-electron chi connectivity index (χ4n) is 4.22. The van der Waals surface area contributed by atoms with Crippen LogP contribution in [0.5, 0.6) is 5.75 Å². The van der Waals surface area contributed by atoms with Crippen molar-refractivity contribution in [3.63, 3.8) is 0 Å². The molecule has 0 N–H and O–H groups in total. The number of hydrogen-bond donors (Lipinski definition) is 0. The normalized spacial score (nSPS) is 23.0. The fraction of sp³-hybridized carbons (Fsp3) is 0.632. The predicted molar refractivity (Wildman–Crippen MR) is 93.4 cm³/mol. The van der Waals surface area contributed by atoms with Crippen molar-refractivity contribution in [2.45, 2.75) is 12.8 Å². The van der Waals surface area contributed by atoms with Gasteiger partial charge in [-0.25, -0.2) is 0 Å². The van der Waals surface area contributed by atoms with Crippen molar-refractivity contribution in [2.24, 2.45) is 11.3 Å². The topological polar surface area (TPSA) is 42.0 Å². The summed E-state index contributed by atoms with van der Waals surface area (Å²) in [5, 5.41) is 0. The molecule has 0 aliphatic carbocycles. The number of ether oxygens (including phenoxy) is 2. The summed E-state index contributed by atoms with van der Waals surface area (Å²) in [4.78, 5) is 17.3. The van der Waals surface area contributed by atoms with Crippen LogP contribution >= 0.6 is 0 Å².